The van der Waals surface area contributed by atoms with Crippen LogP contribution in [0, 0.1) is 13.8 Å². The molecule has 9 nitrogen and oxygen atoms in total. The Labute approximate surface area is 174 Å². The molecule has 0 aliphatic carbocycles. The molecule has 158 valence electrons. The van der Waals surface area contributed by atoms with Crippen molar-refractivity contribution in [3.63, 3.8) is 0 Å². The van der Waals surface area contributed by atoms with Crippen molar-refractivity contribution in [2.24, 2.45) is 0 Å². The van der Waals surface area contributed by atoms with Gasteiger partial charge < -0.3 is 15.9 Å². The number of amides is 3. The smallest absolute Gasteiger partial charge is 0.321 e. The lowest BCUT2D eigenvalue weighted by Crippen LogP contribution is -2.49. The number of rotatable bonds is 6. The van der Waals surface area contributed by atoms with Crippen molar-refractivity contribution in [1.29, 1.82) is 0 Å². The van der Waals surface area contributed by atoms with Gasteiger partial charge in [0.2, 0.25) is 11.1 Å². The fourth-order valence-corrected chi connectivity index (χ4v) is 3.18. The van der Waals surface area contributed by atoms with Gasteiger partial charge >= 0.3 is 6.03 Å². The molecule has 2 rings (SSSR count). The number of hydrogen-bond donors (Lipinski definition) is 3. The summed E-state index contributed by atoms with van der Waals surface area (Å²) in [6.45, 7) is 11.3. The number of nitrogens with two attached hydrogens (primary N) is 1. The Kier molecular flexibility index (Phi) is 7.12. The molecule has 4 N–H and O–H groups in total. The molecule has 0 aliphatic rings. The number of imide groups is 1. The van der Waals surface area contributed by atoms with Crippen LogP contribution < -0.4 is 21.2 Å². The molecular weight excluding hydrogens is 392 g/mol. The maximum absolute atomic E-state index is 12.2. The minimum absolute atomic E-state index is 0.141. The first-order valence-electron chi connectivity index (χ1n) is 9.15. The summed E-state index contributed by atoms with van der Waals surface area (Å²) in [5.41, 5.74) is 1.73. The highest BCUT2D eigenvalue weighted by Gasteiger charge is 2.22. The van der Waals surface area contributed by atoms with Gasteiger partial charge in [0.1, 0.15) is 12.4 Å². The van der Waals surface area contributed by atoms with E-state index in [0.717, 1.165) is 28.6 Å². The monoisotopic (exact) mass is 420 g/mol. The van der Waals surface area contributed by atoms with Crippen LogP contribution in [0.3, 0.4) is 0 Å². The molecule has 10 heteroatoms. The number of carbonyl (C=O) groups is 2. The zero-order valence-corrected chi connectivity index (χ0v) is 18.4. The lowest BCUT2D eigenvalue weighted by molar-refractivity contribution is -0.119. The Morgan fingerprint density at radius 3 is 2.59 bits per heavy atom. The first kappa shape index (κ1) is 22.5. The van der Waals surface area contributed by atoms with E-state index in [-0.39, 0.29) is 6.61 Å². The van der Waals surface area contributed by atoms with Crippen molar-refractivity contribution in [3.8, 4) is 5.75 Å². The Morgan fingerprint density at radius 1 is 1.28 bits per heavy atom. The van der Waals surface area contributed by atoms with Gasteiger partial charge in [0, 0.05) is 5.54 Å². The van der Waals surface area contributed by atoms with Crippen LogP contribution in [-0.2, 0) is 11.4 Å². The minimum Gasteiger partial charge on any atom is -0.485 e. The number of urea groups is 1. The number of hydrogen-bond acceptors (Lipinski definition) is 7. The van der Waals surface area contributed by atoms with Crippen LogP contribution in [0.2, 0.25) is 0 Å². The maximum atomic E-state index is 12.2. The summed E-state index contributed by atoms with van der Waals surface area (Å²) in [6.07, 6.45) is 0. The summed E-state index contributed by atoms with van der Waals surface area (Å²) in [5, 5.41) is 12.8. The summed E-state index contributed by atoms with van der Waals surface area (Å²) in [4.78, 5) is 24.1. The maximum Gasteiger partial charge on any atom is 0.321 e. The molecule has 29 heavy (non-hydrogen) atoms. The van der Waals surface area contributed by atoms with E-state index in [0.29, 0.717) is 11.0 Å². The average molecular weight is 421 g/mol. The first-order chi connectivity index (χ1) is 13.5. The third kappa shape index (κ3) is 6.67. The van der Waals surface area contributed by atoms with Crippen molar-refractivity contribution in [2.75, 3.05) is 5.84 Å². The third-order valence-electron chi connectivity index (χ3n) is 3.80. The average Bonchev–Trinajstić information content (AvgIpc) is 2.92. The van der Waals surface area contributed by atoms with E-state index < -0.39 is 22.7 Å². The van der Waals surface area contributed by atoms with Gasteiger partial charge in [-0.15, -0.1) is 10.2 Å². The van der Waals surface area contributed by atoms with Gasteiger partial charge in [0.15, 0.2) is 5.82 Å². The van der Waals surface area contributed by atoms with E-state index >= 15 is 0 Å². The number of benzene rings is 1. The molecule has 1 aromatic heterocycles. The molecule has 0 saturated carbocycles. The lowest BCUT2D eigenvalue weighted by atomic mass is 10.1. The number of ether oxygens (including phenoxy) is 1. The van der Waals surface area contributed by atoms with Crippen LogP contribution in [0.15, 0.2) is 23.4 Å². The Morgan fingerprint density at radius 2 is 1.97 bits per heavy atom. The van der Waals surface area contributed by atoms with Crippen molar-refractivity contribution < 1.29 is 14.3 Å². The second kappa shape index (κ2) is 9.17. The molecular formula is C19H28N6O3S. The highest BCUT2D eigenvalue weighted by molar-refractivity contribution is 8.00. The molecule has 0 spiro atoms. The summed E-state index contributed by atoms with van der Waals surface area (Å²) in [5.74, 6) is 6.75. The van der Waals surface area contributed by atoms with Gasteiger partial charge in [-0.1, -0.05) is 29.5 Å². The molecule has 1 atom stereocenters. The summed E-state index contributed by atoms with van der Waals surface area (Å²) >= 11 is 1.10. The fourth-order valence-electron chi connectivity index (χ4n) is 2.39. The number of nitrogen functional groups attached to an aromatic ring is 1. The number of aryl methyl sites for hydroxylation is 2. The van der Waals surface area contributed by atoms with Crippen LogP contribution >= 0.6 is 11.8 Å². The SMILES string of the molecule is Cc1ccc(OCc2nnc(S[C@@H](C)C(=O)NC(=O)NC(C)(C)C)n2N)c(C)c1. The number of nitrogens with zero attached hydrogens (tertiary/aromatic N) is 3. The van der Waals surface area contributed by atoms with E-state index in [9.17, 15) is 9.59 Å². The van der Waals surface area contributed by atoms with Gasteiger partial charge in [-0.3, -0.25) is 10.1 Å². The van der Waals surface area contributed by atoms with Crippen molar-refractivity contribution in [2.45, 2.75) is 64.1 Å². The molecule has 2 aromatic rings. The molecule has 0 saturated heterocycles. The van der Waals surface area contributed by atoms with Crippen LogP contribution in [-0.4, -0.2) is 37.6 Å². The van der Waals surface area contributed by atoms with Gasteiger partial charge in [0.25, 0.3) is 0 Å². The fraction of sp³-hybridized carbons (Fsp3) is 0.474. The normalized spacial score (nSPS) is 12.3. The van der Waals surface area contributed by atoms with E-state index in [2.05, 4.69) is 20.8 Å². The van der Waals surface area contributed by atoms with E-state index in [1.807, 2.05) is 52.8 Å². The van der Waals surface area contributed by atoms with Gasteiger partial charge in [-0.05, 0) is 53.2 Å². The predicted octanol–water partition coefficient (Wildman–Crippen LogP) is 2.29. The molecule has 1 heterocycles. The largest absolute Gasteiger partial charge is 0.485 e. The molecule has 0 radical (unpaired) electrons. The van der Waals surface area contributed by atoms with E-state index in [1.165, 1.54) is 4.68 Å². The van der Waals surface area contributed by atoms with Crippen molar-refractivity contribution in [1.82, 2.24) is 25.5 Å². The van der Waals surface area contributed by atoms with Crippen molar-refractivity contribution >= 4 is 23.7 Å². The quantitative estimate of drug-likeness (QED) is 0.484. The number of nitrogens with one attached hydrogen (secondary N) is 2. The molecule has 0 bridgehead atoms. The predicted molar refractivity (Wildman–Crippen MR) is 112 cm³/mol. The van der Waals surface area contributed by atoms with Crippen LogP contribution in [0.1, 0.15) is 44.6 Å². The van der Waals surface area contributed by atoms with E-state index in [1.54, 1.807) is 6.92 Å². The first-order valence-corrected chi connectivity index (χ1v) is 10.0. The van der Waals surface area contributed by atoms with Crippen LogP contribution in [0.4, 0.5) is 4.79 Å². The zero-order valence-electron chi connectivity index (χ0n) is 17.6. The summed E-state index contributed by atoms with van der Waals surface area (Å²) < 4.78 is 7.06. The molecule has 0 unspecified atom stereocenters. The third-order valence-corrected chi connectivity index (χ3v) is 4.86. The zero-order chi connectivity index (χ0) is 21.8. The highest BCUT2D eigenvalue weighted by Crippen LogP contribution is 2.23. The summed E-state index contributed by atoms with van der Waals surface area (Å²) in [7, 11) is 0. The molecule has 1 aromatic carbocycles. The number of thioether (sulfide) groups is 1. The van der Waals surface area contributed by atoms with Crippen LogP contribution in [0.5, 0.6) is 5.75 Å². The number of aromatic nitrogens is 3. The second-order valence-corrected chi connectivity index (χ2v) is 9.09. The molecule has 0 fully saturated rings. The van der Waals surface area contributed by atoms with E-state index in [4.69, 9.17) is 10.6 Å². The molecule has 3 amide bonds. The Bertz CT molecular complexity index is 891. The highest BCUT2D eigenvalue weighted by atomic mass is 32.2. The second-order valence-electron chi connectivity index (χ2n) is 7.78. The Hall–Kier alpha value is -2.75. The van der Waals surface area contributed by atoms with Crippen LogP contribution in [0.25, 0.3) is 0 Å². The Balaban J connectivity index is 1.94. The molecule has 0 aliphatic heterocycles. The minimum atomic E-state index is -0.597. The van der Waals surface area contributed by atoms with Gasteiger partial charge in [-0.2, -0.15) is 0 Å². The van der Waals surface area contributed by atoms with Gasteiger partial charge in [-0.25, -0.2) is 9.47 Å². The van der Waals surface area contributed by atoms with Crippen molar-refractivity contribution in [3.05, 3.63) is 35.2 Å². The number of carbonyl (C=O) groups excluding carboxylic acids is 2. The summed E-state index contributed by atoms with van der Waals surface area (Å²) in [6, 6.07) is 5.34. The lowest BCUT2D eigenvalue weighted by Gasteiger charge is -2.21. The standard InChI is InChI=1S/C19H28N6O3S/c1-11-7-8-14(12(2)9-11)28-10-15-23-24-18(25(15)20)29-13(3)16(26)21-17(27)22-19(4,5)6/h7-9,13H,10,20H2,1-6H3,(H2,21,22,26,27)/t13-/m0/s1. The topological polar surface area (TPSA) is 124 Å². The van der Waals surface area contributed by atoms with Gasteiger partial charge in [0.05, 0.1) is 5.25 Å².